The van der Waals surface area contributed by atoms with E-state index >= 15 is 0 Å². The van der Waals surface area contributed by atoms with Gasteiger partial charge in [-0.2, -0.15) is 0 Å². The molecule has 0 amide bonds. The van der Waals surface area contributed by atoms with Crippen molar-refractivity contribution in [3.63, 3.8) is 0 Å². The highest BCUT2D eigenvalue weighted by Gasteiger charge is 2.10. The molecule has 0 saturated carbocycles. The predicted octanol–water partition coefficient (Wildman–Crippen LogP) is 3.47. The van der Waals surface area contributed by atoms with Crippen LogP contribution in [0.25, 0.3) is 11.1 Å². The van der Waals surface area contributed by atoms with E-state index in [0.29, 0.717) is 0 Å². The molecular formula is C15H15NO. The minimum atomic E-state index is 0.747. The van der Waals surface area contributed by atoms with Crippen molar-refractivity contribution in [1.82, 2.24) is 0 Å². The lowest BCUT2D eigenvalue weighted by Crippen LogP contribution is -2.17. The second-order valence-corrected chi connectivity index (χ2v) is 4.36. The van der Waals surface area contributed by atoms with Gasteiger partial charge in [0.15, 0.2) is 0 Å². The molecule has 1 heterocycles. The largest absolute Gasteiger partial charge is 0.490 e. The highest BCUT2D eigenvalue weighted by molar-refractivity contribution is 5.72. The number of ether oxygens (including phenoxy) is 1. The van der Waals surface area contributed by atoms with Crippen molar-refractivity contribution in [2.75, 3.05) is 18.5 Å². The van der Waals surface area contributed by atoms with Crippen LogP contribution >= 0.6 is 0 Å². The molecule has 2 nitrogen and oxygen atoms in total. The zero-order chi connectivity index (χ0) is 11.7. The van der Waals surface area contributed by atoms with Gasteiger partial charge in [0, 0.05) is 6.54 Å². The molecule has 0 spiro atoms. The van der Waals surface area contributed by atoms with Crippen molar-refractivity contribution in [1.29, 1.82) is 0 Å². The van der Waals surface area contributed by atoms with Gasteiger partial charge in [-0.1, -0.05) is 35.9 Å². The van der Waals surface area contributed by atoms with E-state index in [2.05, 4.69) is 48.6 Å². The first-order chi connectivity index (χ1) is 8.33. The molecule has 0 saturated heterocycles. The molecule has 1 N–H and O–H groups in total. The van der Waals surface area contributed by atoms with Gasteiger partial charge in [-0.05, 0) is 30.2 Å². The number of hydrogen-bond acceptors (Lipinski definition) is 2. The van der Waals surface area contributed by atoms with Gasteiger partial charge in [-0.3, -0.25) is 0 Å². The molecular weight excluding hydrogens is 210 g/mol. The fraction of sp³-hybridized carbons (Fsp3) is 0.200. The lowest BCUT2D eigenvalue weighted by molar-refractivity contribution is 0.323. The molecule has 2 aromatic carbocycles. The van der Waals surface area contributed by atoms with E-state index in [1.807, 2.05) is 6.07 Å². The second-order valence-electron chi connectivity index (χ2n) is 4.36. The Hall–Kier alpha value is -1.96. The van der Waals surface area contributed by atoms with Crippen molar-refractivity contribution in [2.45, 2.75) is 6.92 Å². The van der Waals surface area contributed by atoms with E-state index in [1.54, 1.807) is 0 Å². The number of benzene rings is 2. The lowest BCUT2D eigenvalue weighted by atomic mass is 10.0. The Morgan fingerprint density at radius 2 is 1.94 bits per heavy atom. The fourth-order valence-electron chi connectivity index (χ4n) is 2.14. The first-order valence-electron chi connectivity index (χ1n) is 5.91. The van der Waals surface area contributed by atoms with Gasteiger partial charge >= 0.3 is 0 Å². The molecule has 0 aromatic heterocycles. The Labute approximate surface area is 101 Å². The minimum absolute atomic E-state index is 0.747. The van der Waals surface area contributed by atoms with Crippen LogP contribution in [0.1, 0.15) is 5.56 Å². The quantitative estimate of drug-likeness (QED) is 0.802. The maximum absolute atomic E-state index is 5.58. The van der Waals surface area contributed by atoms with Crippen molar-refractivity contribution < 1.29 is 4.74 Å². The van der Waals surface area contributed by atoms with Crippen LogP contribution < -0.4 is 10.1 Å². The first-order valence-corrected chi connectivity index (χ1v) is 5.91. The topological polar surface area (TPSA) is 21.3 Å². The van der Waals surface area contributed by atoms with E-state index in [1.165, 1.54) is 16.7 Å². The third-order valence-corrected chi connectivity index (χ3v) is 3.01. The van der Waals surface area contributed by atoms with E-state index in [4.69, 9.17) is 4.74 Å². The molecule has 17 heavy (non-hydrogen) atoms. The van der Waals surface area contributed by atoms with Gasteiger partial charge < -0.3 is 10.1 Å². The molecule has 1 aliphatic heterocycles. The van der Waals surface area contributed by atoms with Gasteiger partial charge in [-0.15, -0.1) is 0 Å². The predicted molar refractivity (Wildman–Crippen MR) is 70.6 cm³/mol. The number of rotatable bonds is 1. The molecule has 0 aliphatic carbocycles. The molecule has 0 radical (unpaired) electrons. The number of anilines is 1. The van der Waals surface area contributed by atoms with Crippen LogP contribution in [-0.4, -0.2) is 13.2 Å². The Morgan fingerprint density at radius 1 is 1.06 bits per heavy atom. The molecule has 0 atom stereocenters. The maximum Gasteiger partial charge on any atom is 0.142 e. The molecule has 0 fully saturated rings. The summed E-state index contributed by atoms with van der Waals surface area (Å²) in [6.45, 7) is 3.74. The fourth-order valence-corrected chi connectivity index (χ4v) is 2.14. The van der Waals surface area contributed by atoms with Crippen LogP contribution in [0.4, 0.5) is 5.69 Å². The average Bonchev–Trinajstić information content (AvgIpc) is 2.38. The third kappa shape index (κ3) is 1.98. The van der Waals surface area contributed by atoms with Crippen molar-refractivity contribution in [3.8, 4) is 16.9 Å². The van der Waals surface area contributed by atoms with Crippen LogP contribution in [-0.2, 0) is 0 Å². The number of nitrogens with one attached hydrogen (secondary N) is 1. The lowest BCUT2D eigenvalue weighted by Gasteiger charge is -2.19. The highest BCUT2D eigenvalue weighted by atomic mass is 16.5. The summed E-state index contributed by atoms with van der Waals surface area (Å²) in [5, 5.41) is 3.36. The third-order valence-electron chi connectivity index (χ3n) is 3.01. The van der Waals surface area contributed by atoms with Gasteiger partial charge in [0.05, 0.1) is 5.69 Å². The summed E-state index contributed by atoms with van der Waals surface area (Å²) in [7, 11) is 0. The SMILES string of the molecule is Cc1cccc(-c2ccc3c(c2)NCCO3)c1. The first kappa shape index (κ1) is 10.2. The molecule has 0 unspecified atom stereocenters. The van der Waals surface area contributed by atoms with E-state index in [9.17, 15) is 0 Å². The Morgan fingerprint density at radius 3 is 2.82 bits per heavy atom. The summed E-state index contributed by atoms with van der Waals surface area (Å²) in [6.07, 6.45) is 0. The molecule has 86 valence electrons. The molecule has 3 rings (SSSR count). The van der Waals surface area contributed by atoms with Crippen LogP contribution in [0.3, 0.4) is 0 Å². The number of hydrogen-bond donors (Lipinski definition) is 1. The van der Waals surface area contributed by atoms with E-state index in [-0.39, 0.29) is 0 Å². The summed E-state index contributed by atoms with van der Waals surface area (Å²) < 4.78 is 5.58. The zero-order valence-corrected chi connectivity index (χ0v) is 9.86. The highest BCUT2D eigenvalue weighted by Crippen LogP contribution is 2.32. The van der Waals surface area contributed by atoms with Crippen LogP contribution in [0.15, 0.2) is 42.5 Å². The van der Waals surface area contributed by atoms with Crippen molar-refractivity contribution in [2.24, 2.45) is 0 Å². The normalized spacial score (nSPS) is 13.5. The standard InChI is InChI=1S/C15H15NO/c1-11-3-2-4-12(9-11)13-5-6-15-14(10-13)16-7-8-17-15/h2-6,9-10,16H,7-8H2,1H3. The molecule has 1 aliphatic rings. The van der Waals surface area contributed by atoms with Gasteiger partial charge in [0.25, 0.3) is 0 Å². The minimum Gasteiger partial charge on any atom is -0.490 e. The van der Waals surface area contributed by atoms with Gasteiger partial charge in [0.2, 0.25) is 0 Å². The summed E-state index contributed by atoms with van der Waals surface area (Å²) in [5.74, 6) is 0.952. The Balaban J connectivity index is 2.04. The number of fused-ring (bicyclic) bond motifs is 1. The maximum atomic E-state index is 5.58. The zero-order valence-electron chi connectivity index (χ0n) is 9.86. The van der Waals surface area contributed by atoms with Crippen LogP contribution in [0.2, 0.25) is 0 Å². The molecule has 2 heteroatoms. The summed E-state index contributed by atoms with van der Waals surface area (Å²) >= 11 is 0. The number of aryl methyl sites for hydroxylation is 1. The second kappa shape index (κ2) is 4.13. The molecule has 0 bridgehead atoms. The average molecular weight is 225 g/mol. The van der Waals surface area contributed by atoms with E-state index in [0.717, 1.165) is 24.6 Å². The van der Waals surface area contributed by atoms with Crippen molar-refractivity contribution >= 4 is 5.69 Å². The Kier molecular flexibility index (Phi) is 2.48. The van der Waals surface area contributed by atoms with E-state index < -0.39 is 0 Å². The van der Waals surface area contributed by atoms with Crippen molar-refractivity contribution in [3.05, 3.63) is 48.0 Å². The smallest absolute Gasteiger partial charge is 0.142 e. The van der Waals surface area contributed by atoms with Gasteiger partial charge in [0.1, 0.15) is 12.4 Å². The summed E-state index contributed by atoms with van der Waals surface area (Å²) in [4.78, 5) is 0. The molecule has 2 aromatic rings. The monoisotopic (exact) mass is 225 g/mol. The van der Waals surface area contributed by atoms with Crippen LogP contribution in [0.5, 0.6) is 5.75 Å². The summed E-state index contributed by atoms with van der Waals surface area (Å²) in [6, 6.07) is 14.9. The summed E-state index contributed by atoms with van der Waals surface area (Å²) in [5.41, 5.74) is 4.85. The van der Waals surface area contributed by atoms with Crippen LogP contribution in [0, 0.1) is 6.92 Å². The van der Waals surface area contributed by atoms with Gasteiger partial charge in [-0.25, -0.2) is 0 Å². The Bertz CT molecular complexity index is 548.